The predicted molar refractivity (Wildman–Crippen MR) is 87.3 cm³/mol. The molecule has 6 heteroatoms. The summed E-state index contributed by atoms with van der Waals surface area (Å²) in [6.45, 7) is 3.73. The van der Waals surface area contributed by atoms with E-state index >= 15 is 0 Å². The largest absolute Gasteiger partial charge is 0.308 e. The maximum atomic E-state index is 4.45. The Kier molecular flexibility index (Phi) is 3.67. The molecule has 1 atom stereocenters. The van der Waals surface area contributed by atoms with Crippen molar-refractivity contribution in [2.75, 3.05) is 0 Å². The lowest BCUT2D eigenvalue weighted by atomic mass is 10.1. The van der Waals surface area contributed by atoms with Gasteiger partial charge in [-0.3, -0.25) is 0 Å². The van der Waals surface area contributed by atoms with Gasteiger partial charge in [0, 0.05) is 37.1 Å². The van der Waals surface area contributed by atoms with E-state index in [9.17, 15) is 0 Å². The molecule has 0 aliphatic carbocycles. The highest BCUT2D eigenvalue weighted by Crippen LogP contribution is 2.14. The highest BCUT2D eigenvalue weighted by atomic mass is 15.4. The van der Waals surface area contributed by atoms with Crippen molar-refractivity contribution in [3.63, 3.8) is 0 Å². The highest BCUT2D eigenvalue weighted by molar-refractivity contribution is 5.34. The number of imidazole rings is 1. The second-order valence-corrected chi connectivity index (χ2v) is 6.01. The van der Waals surface area contributed by atoms with E-state index in [0.29, 0.717) is 6.04 Å². The van der Waals surface area contributed by atoms with Crippen molar-refractivity contribution < 1.29 is 0 Å². The minimum atomic E-state index is 0.455. The Balaban J connectivity index is 1.36. The molecule has 3 heterocycles. The summed E-state index contributed by atoms with van der Waals surface area (Å²) in [4.78, 5) is 8.53. The minimum absolute atomic E-state index is 0.455. The van der Waals surface area contributed by atoms with Crippen LogP contribution in [-0.2, 0) is 19.5 Å². The van der Waals surface area contributed by atoms with Crippen molar-refractivity contribution in [1.82, 2.24) is 29.6 Å². The predicted octanol–water partition coefficient (Wildman–Crippen LogP) is 1.88. The molecule has 23 heavy (non-hydrogen) atoms. The number of hydrogen-bond acceptors (Lipinski definition) is 4. The van der Waals surface area contributed by atoms with Gasteiger partial charge in [0.15, 0.2) is 0 Å². The van der Waals surface area contributed by atoms with Gasteiger partial charge >= 0.3 is 0 Å². The zero-order valence-corrected chi connectivity index (χ0v) is 13.2. The first-order valence-corrected chi connectivity index (χ1v) is 7.99. The quantitative estimate of drug-likeness (QED) is 0.799. The molecule has 0 spiro atoms. The number of rotatable bonds is 4. The summed E-state index contributed by atoms with van der Waals surface area (Å²) in [7, 11) is 0. The van der Waals surface area contributed by atoms with E-state index in [2.05, 4.69) is 44.6 Å². The lowest BCUT2D eigenvalue weighted by Gasteiger charge is -2.23. The number of nitrogens with one attached hydrogen (secondary N) is 1. The van der Waals surface area contributed by atoms with Crippen LogP contribution in [0.3, 0.4) is 0 Å². The third kappa shape index (κ3) is 3.03. The Labute approximate surface area is 135 Å². The summed E-state index contributed by atoms with van der Waals surface area (Å²) >= 11 is 0. The van der Waals surface area contributed by atoms with Gasteiger partial charge in [-0.15, -0.1) is 0 Å². The molecule has 6 nitrogen and oxygen atoms in total. The molecule has 1 aromatic carbocycles. The van der Waals surface area contributed by atoms with Crippen LogP contribution >= 0.6 is 0 Å². The van der Waals surface area contributed by atoms with Crippen LogP contribution in [0.15, 0.2) is 43.0 Å². The molecule has 0 fully saturated rings. The van der Waals surface area contributed by atoms with Gasteiger partial charge in [-0.2, -0.15) is 5.10 Å². The van der Waals surface area contributed by atoms with Crippen molar-refractivity contribution in [3.05, 3.63) is 60.2 Å². The van der Waals surface area contributed by atoms with Gasteiger partial charge in [0.1, 0.15) is 11.6 Å². The number of benzene rings is 1. The van der Waals surface area contributed by atoms with Crippen LogP contribution in [0, 0.1) is 6.92 Å². The lowest BCUT2D eigenvalue weighted by molar-refractivity contribution is 0.357. The topological polar surface area (TPSA) is 60.6 Å². The van der Waals surface area contributed by atoms with Gasteiger partial charge in [0.05, 0.1) is 12.9 Å². The Hall–Kier alpha value is -2.47. The monoisotopic (exact) mass is 308 g/mol. The summed E-state index contributed by atoms with van der Waals surface area (Å²) in [5.74, 6) is 1.99. The Morgan fingerprint density at radius 2 is 2.13 bits per heavy atom. The first-order chi connectivity index (χ1) is 11.3. The van der Waals surface area contributed by atoms with Crippen LogP contribution in [0.1, 0.15) is 23.6 Å². The van der Waals surface area contributed by atoms with Crippen molar-refractivity contribution in [3.8, 4) is 5.69 Å². The van der Waals surface area contributed by atoms with E-state index in [0.717, 1.165) is 43.3 Å². The molecule has 2 aromatic heterocycles. The fourth-order valence-corrected chi connectivity index (χ4v) is 3.06. The van der Waals surface area contributed by atoms with Gasteiger partial charge in [-0.25, -0.2) is 14.6 Å². The summed E-state index contributed by atoms with van der Waals surface area (Å²) in [6, 6.07) is 9.03. The molecule has 0 saturated heterocycles. The summed E-state index contributed by atoms with van der Waals surface area (Å²) in [5.41, 5.74) is 2.42. The first kappa shape index (κ1) is 14.1. The van der Waals surface area contributed by atoms with Crippen molar-refractivity contribution in [1.29, 1.82) is 0 Å². The maximum absolute atomic E-state index is 4.45. The van der Waals surface area contributed by atoms with E-state index in [1.807, 2.05) is 28.7 Å². The lowest BCUT2D eigenvalue weighted by Crippen LogP contribution is -2.37. The summed E-state index contributed by atoms with van der Waals surface area (Å²) < 4.78 is 4.05. The second kappa shape index (κ2) is 5.96. The molecule has 3 aromatic rings. The van der Waals surface area contributed by atoms with Crippen LogP contribution in [0.4, 0.5) is 0 Å². The van der Waals surface area contributed by atoms with Crippen LogP contribution < -0.4 is 5.32 Å². The van der Waals surface area contributed by atoms with Gasteiger partial charge in [-0.1, -0.05) is 12.1 Å². The third-order valence-electron chi connectivity index (χ3n) is 4.30. The molecule has 1 aliphatic rings. The Morgan fingerprint density at radius 1 is 1.26 bits per heavy atom. The number of fused-ring (bicyclic) bond motifs is 1. The Morgan fingerprint density at radius 3 is 2.91 bits per heavy atom. The smallest absolute Gasteiger partial charge is 0.147 e. The van der Waals surface area contributed by atoms with E-state index < -0.39 is 0 Å². The van der Waals surface area contributed by atoms with Gasteiger partial charge < -0.3 is 9.88 Å². The fourth-order valence-electron chi connectivity index (χ4n) is 3.06. The molecule has 0 bridgehead atoms. The van der Waals surface area contributed by atoms with Crippen LogP contribution in [0.5, 0.6) is 0 Å². The van der Waals surface area contributed by atoms with Gasteiger partial charge in [0.2, 0.25) is 0 Å². The molecule has 0 unspecified atom stereocenters. The van der Waals surface area contributed by atoms with Gasteiger partial charge in [-0.05, 0) is 31.0 Å². The van der Waals surface area contributed by atoms with E-state index in [4.69, 9.17) is 0 Å². The first-order valence-electron chi connectivity index (χ1n) is 7.99. The van der Waals surface area contributed by atoms with Crippen LogP contribution in [-0.4, -0.2) is 30.4 Å². The van der Waals surface area contributed by atoms with Crippen LogP contribution in [0.2, 0.25) is 0 Å². The molecule has 0 amide bonds. The maximum Gasteiger partial charge on any atom is 0.147 e. The average molecular weight is 308 g/mol. The molecule has 118 valence electrons. The third-order valence-corrected chi connectivity index (χ3v) is 4.30. The molecule has 4 rings (SSSR count). The van der Waals surface area contributed by atoms with E-state index in [-0.39, 0.29) is 0 Å². The average Bonchev–Trinajstić information content (AvgIpc) is 3.21. The molecule has 1 aliphatic heterocycles. The Bertz CT molecular complexity index is 772. The number of hydrogen-bond donors (Lipinski definition) is 1. The summed E-state index contributed by atoms with van der Waals surface area (Å²) in [6.07, 6.45) is 7.67. The van der Waals surface area contributed by atoms with Crippen LogP contribution in [0.25, 0.3) is 5.69 Å². The molecule has 0 radical (unpaired) electrons. The molecule has 1 N–H and O–H groups in total. The van der Waals surface area contributed by atoms with Gasteiger partial charge in [0.25, 0.3) is 0 Å². The van der Waals surface area contributed by atoms with E-state index in [1.54, 1.807) is 6.20 Å². The number of nitrogens with zero attached hydrogens (tertiary/aromatic N) is 5. The molecular weight excluding hydrogens is 288 g/mol. The fraction of sp³-hybridized carbons (Fsp3) is 0.353. The minimum Gasteiger partial charge on any atom is -0.308 e. The zero-order chi connectivity index (χ0) is 15.6. The number of aryl methyl sites for hydroxylation is 2. The highest BCUT2D eigenvalue weighted by Gasteiger charge is 2.20. The van der Waals surface area contributed by atoms with Crippen molar-refractivity contribution in [2.45, 2.75) is 38.9 Å². The normalized spacial score (nSPS) is 17.2. The summed E-state index contributed by atoms with van der Waals surface area (Å²) in [5, 5.41) is 8.09. The zero-order valence-electron chi connectivity index (χ0n) is 13.2. The molecule has 0 saturated carbocycles. The molecular formula is C17H20N6. The SMILES string of the molecule is Cc1nc2n(n1)C[C@@H](NCc1ccc(-n3ccnc3)cc1)CC2. The standard InChI is InChI=1S/C17H20N6/c1-13-20-17-7-4-15(11-23(17)21-13)19-10-14-2-5-16(6-3-14)22-9-8-18-12-22/h2-3,5-6,8-9,12,15,19H,4,7,10-11H2,1H3/t15-/m0/s1. The second-order valence-electron chi connectivity index (χ2n) is 6.01. The van der Waals surface area contributed by atoms with Crippen molar-refractivity contribution in [2.24, 2.45) is 0 Å². The van der Waals surface area contributed by atoms with E-state index in [1.165, 1.54) is 5.56 Å². The van der Waals surface area contributed by atoms with Crippen molar-refractivity contribution >= 4 is 0 Å². The number of aromatic nitrogens is 5.